The lowest BCUT2D eigenvalue weighted by atomic mass is 9.86. The molecule has 160 valence electrons. The van der Waals surface area contributed by atoms with Crippen molar-refractivity contribution in [1.29, 1.82) is 0 Å². The predicted molar refractivity (Wildman–Crippen MR) is 123 cm³/mol. The van der Waals surface area contributed by atoms with Crippen LogP contribution in [0, 0.1) is 0 Å². The van der Waals surface area contributed by atoms with Crippen LogP contribution in [0.1, 0.15) is 49.5 Å². The van der Waals surface area contributed by atoms with Gasteiger partial charge in [-0.05, 0) is 37.3 Å². The largest absolute Gasteiger partial charge is 0.487 e. The fourth-order valence-electron chi connectivity index (χ4n) is 4.82. The van der Waals surface area contributed by atoms with E-state index in [1.165, 1.54) is 18.4 Å². The number of ether oxygens (including phenoxy) is 1. The second-order valence-corrected chi connectivity index (χ2v) is 8.47. The van der Waals surface area contributed by atoms with E-state index in [9.17, 15) is 0 Å². The summed E-state index contributed by atoms with van der Waals surface area (Å²) in [6.07, 6.45) is 7.57. The molecule has 6 nitrogen and oxygen atoms in total. The number of para-hydroxylation sites is 1. The normalized spacial score (nSPS) is 19.6. The molecule has 0 amide bonds. The Labute approximate surface area is 183 Å². The molecule has 3 N–H and O–H groups in total. The molecule has 1 aliphatic heterocycles. The Morgan fingerprint density at radius 2 is 1.90 bits per heavy atom. The SMILES string of the molecule is CN=C(NCc1ncc(-c2ccccc2)[nH]1)NC1CC2(CCCC2)Oc2ccccc21. The van der Waals surface area contributed by atoms with Gasteiger partial charge >= 0.3 is 0 Å². The van der Waals surface area contributed by atoms with Crippen molar-refractivity contribution >= 4 is 5.96 Å². The molecule has 1 saturated carbocycles. The van der Waals surface area contributed by atoms with Gasteiger partial charge in [-0.3, -0.25) is 4.99 Å². The average molecular weight is 416 g/mol. The van der Waals surface area contributed by atoms with Gasteiger partial charge in [0, 0.05) is 19.0 Å². The van der Waals surface area contributed by atoms with Crippen molar-refractivity contribution in [2.75, 3.05) is 7.05 Å². The fraction of sp³-hybridized carbons (Fsp3) is 0.360. The van der Waals surface area contributed by atoms with Crippen molar-refractivity contribution in [3.05, 3.63) is 72.2 Å². The number of rotatable bonds is 4. The number of hydrogen-bond donors (Lipinski definition) is 3. The second kappa shape index (κ2) is 8.46. The van der Waals surface area contributed by atoms with Crippen LogP contribution in [-0.2, 0) is 6.54 Å². The van der Waals surface area contributed by atoms with E-state index in [-0.39, 0.29) is 11.6 Å². The van der Waals surface area contributed by atoms with Crippen molar-refractivity contribution in [1.82, 2.24) is 20.6 Å². The molecule has 2 aromatic carbocycles. The van der Waals surface area contributed by atoms with Crippen molar-refractivity contribution < 1.29 is 4.74 Å². The molecule has 3 aromatic rings. The van der Waals surface area contributed by atoms with Crippen LogP contribution in [0.25, 0.3) is 11.3 Å². The molecule has 1 unspecified atom stereocenters. The minimum Gasteiger partial charge on any atom is -0.487 e. The van der Waals surface area contributed by atoms with E-state index in [2.05, 4.69) is 62.0 Å². The highest BCUT2D eigenvalue weighted by Crippen LogP contribution is 2.46. The maximum Gasteiger partial charge on any atom is 0.191 e. The van der Waals surface area contributed by atoms with Crippen LogP contribution in [0.3, 0.4) is 0 Å². The molecule has 2 heterocycles. The van der Waals surface area contributed by atoms with Gasteiger partial charge in [0.2, 0.25) is 0 Å². The number of hydrogen-bond acceptors (Lipinski definition) is 3. The van der Waals surface area contributed by atoms with E-state index >= 15 is 0 Å². The first-order valence-electron chi connectivity index (χ1n) is 11.1. The van der Waals surface area contributed by atoms with Crippen LogP contribution >= 0.6 is 0 Å². The smallest absolute Gasteiger partial charge is 0.191 e. The maximum absolute atomic E-state index is 6.48. The van der Waals surface area contributed by atoms with E-state index < -0.39 is 0 Å². The molecule has 0 radical (unpaired) electrons. The van der Waals surface area contributed by atoms with Gasteiger partial charge < -0.3 is 20.4 Å². The van der Waals surface area contributed by atoms with E-state index in [0.29, 0.717) is 6.54 Å². The molecule has 2 aliphatic rings. The van der Waals surface area contributed by atoms with Gasteiger partial charge in [0.25, 0.3) is 0 Å². The van der Waals surface area contributed by atoms with Crippen LogP contribution in [0.2, 0.25) is 0 Å². The highest BCUT2D eigenvalue weighted by Gasteiger charge is 2.43. The minimum atomic E-state index is -0.0452. The Bertz CT molecular complexity index is 1050. The summed E-state index contributed by atoms with van der Waals surface area (Å²) in [5, 5.41) is 7.05. The van der Waals surface area contributed by atoms with E-state index in [0.717, 1.165) is 48.1 Å². The molecule has 1 spiro atoms. The highest BCUT2D eigenvalue weighted by molar-refractivity contribution is 5.80. The fourth-order valence-corrected chi connectivity index (χ4v) is 4.82. The van der Waals surface area contributed by atoms with Gasteiger partial charge in [0.1, 0.15) is 17.2 Å². The van der Waals surface area contributed by atoms with Crippen LogP contribution in [-0.4, -0.2) is 28.6 Å². The van der Waals surface area contributed by atoms with Crippen molar-refractivity contribution in [2.24, 2.45) is 4.99 Å². The molecule has 0 bridgehead atoms. The third-order valence-corrected chi connectivity index (χ3v) is 6.38. The standard InChI is InChI=1S/C25H29N5O/c1-26-24(28-17-23-27-16-21(29-23)18-9-3-2-4-10-18)30-20-15-25(13-7-8-14-25)31-22-12-6-5-11-19(20)22/h2-6,9-12,16,20H,7-8,13-15,17H2,1H3,(H,27,29)(H2,26,28,30). The maximum atomic E-state index is 6.48. The minimum absolute atomic E-state index is 0.0452. The number of imidazole rings is 1. The van der Waals surface area contributed by atoms with Gasteiger partial charge in [-0.2, -0.15) is 0 Å². The van der Waals surface area contributed by atoms with Crippen LogP contribution in [0.5, 0.6) is 5.75 Å². The number of nitrogens with one attached hydrogen (secondary N) is 3. The Kier molecular flexibility index (Phi) is 5.37. The number of nitrogens with zero attached hydrogens (tertiary/aromatic N) is 2. The molecule has 0 saturated heterocycles. The monoisotopic (exact) mass is 415 g/mol. The molecule has 5 rings (SSSR count). The van der Waals surface area contributed by atoms with Gasteiger partial charge in [-0.15, -0.1) is 0 Å². The Balaban J connectivity index is 1.27. The second-order valence-electron chi connectivity index (χ2n) is 8.47. The van der Waals surface area contributed by atoms with E-state index in [4.69, 9.17) is 4.74 Å². The number of guanidine groups is 1. The Morgan fingerprint density at radius 3 is 2.71 bits per heavy atom. The summed E-state index contributed by atoms with van der Waals surface area (Å²) in [4.78, 5) is 12.4. The molecule has 1 atom stereocenters. The van der Waals surface area contributed by atoms with Gasteiger partial charge in [0.15, 0.2) is 5.96 Å². The van der Waals surface area contributed by atoms with Crippen molar-refractivity contribution in [3.8, 4) is 17.0 Å². The third kappa shape index (κ3) is 4.15. The van der Waals surface area contributed by atoms with Crippen molar-refractivity contribution in [3.63, 3.8) is 0 Å². The number of H-pyrrole nitrogens is 1. The Hall–Kier alpha value is -3.28. The topological polar surface area (TPSA) is 74.3 Å². The molecule has 1 fully saturated rings. The average Bonchev–Trinajstić information content (AvgIpc) is 3.47. The number of benzene rings is 2. The summed E-state index contributed by atoms with van der Waals surface area (Å²) in [5.74, 6) is 2.65. The van der Waals surface area contributed by atoms with E-state index in [1.54, 1.807) is 0 Å². The summed E-state index contributed by atoms with van der Waals surface area (Å²) in [7, 11) is 1.81. The van der Waals surface area contributed by atoms with Gasteiger partial charge in [-0.1, -0.05) is 48.5 Å². The zero-order valence-corrected chi connectivity index (χ0v) is 17.9. The molecule has 1 aromatic heterocycles. The lowest BCUT2D eigenvalue weighted by Gasteiger charge is -2.40. The zero-order chi connectivity index (χ0) is 21.1. The summed E-state index contributed by atoms with van der Waals surface area (Å²) in [5.41, 5.74) is 3.30. The summed E-state index contributed by atoms with van der Waals surface area (Å²) in [6, 6.07) is 18.8. The molecular weight excluding hydrogens is 386 g/mol. The number of aromatic amines is 1. The predicted octanol–water partition coefficient (Wildman–Crippen LogP) is 4.58. The molecule has 6 heteroatoms. The van der Waals surface area contributed by atoms with Crippen LogP contribution in [0.4, 0.5) is 0 Å². The third-order valence-electron chi connectivity index (χ3n) is 6.38. The number of aliphatic imine (C=N–C) groups is 1. The zero-order valence-electron chi connectivity index (χ0n) is 17.9. The lowest BCUT2D eigenvalue weighted by molar-refractivity contribution is 0.0396. The summed E-state index contributed by atoms with van der Waals surface area (Å²) >= 11 is 0. The lowest BCUT2D eigenvalue weighted by Crippen LogP contribution is -2.46. The number of fused-ring (bicyclic) bond motifs is 1. The van der Waals surface area contributed by atoms with Gasteiger partial charge in [0.05, 0.1) is 24.5 Å². The van der Waals surface area contributed by atoms with E-state index in [1.807, 2.05) is 31.4 Å². The summed E-state index contributed by atoms with van der Waals surface area (Å²) in [6.45, 7) is 0.572. The molecule has 31 heavy (non-hydrogen) atoms. The first kappa shape index (κ1) is 19.7. The quantitative estimate of drug-likeness (QED) is 0.431. The first-order chi connectivity index (χ1) is 15.2. The van der Waals surface area contributed by atoms with Crippen LogP contribution in [0.15, 0.2) is 65.8 Å². The summed E-state index contributed by atoms with van der Waals surface area (Å²) < 4.78 is 6.48. The van der Waals surface area contributed by atoms with Gasteiger partial charge in [-0.25, -0.2) is 4.98 Å². The Morgan fingerprint density at radius 1 is 1.13 bits per heavy atom. The van der Waals surface area contributed by atoms with Crippen molar-refractivity contribution in [2.45, 2.75) is 50.3 Å². The van der Waals surface area contributed by atoms with Crippen LogP contribution < -0.4 is 15.4 Å². The molecular formula is C25H29N5O. The first-order valence-corrected chi connectivity index (χ1v) is 11.1. The highest BCUT2D eigenvalue weighted by atomic mass is 16.5. The molecule has 1 aliphatic carbocycles. The number of aromatic nitrogens is 2.